The third kappa shape index (κ3) is 3.84. The van der Waals surface area contributed by atoms with Gasteiger partial charge in [-0.05, 0) is 29.8 Å². The summed E-state index contributed by atoms with van der Waals surface area (Å²) in [4.78, 5) is 11.9. The molecule has 0 aliphatic rings. The van der Waals surface area contributed by atoms with Crippen LogP contribution in [0.3, 0.4) is 0 Å². The Morgan fingerprint density at radius 1 is 1.12 bits per heavy atom. The first kappa shape index (κ1) is 15.4. The van der Waals surface area contributed by atoms with Gasteiger partial charge in [-0.3, -0.25) is 0 Å². The molecule has 0 radical (unpaired) electrons. The second-order valence-electron chi connectivity index (χ2n) is 5.16. The van der Waals surface area contributed by atoms with Crippen molar-refractivity contribution < 1.29 is 9.53 Å². The van der Waals surface area contributed by atoms with E-state index in [2.05, 4.69) is 16.4 Å². The summed E-state index contributed by atoms with van der Waals surface area (Å²) in [6.45, 7) is 0.604. The van der Waals surface area contributed by atoms with Crippen LogP contribution in [0.15, 0.2) is 60.8 Å². The summed E-state index contributed by atoms with van der Waals surface area (Å²) >= 11 is 0. The third-order valence-corrected chi connectivity index (χ3v) is 3.37. The summed E-state index contributed by atoms with van der Waals surface area (Å²) in [5.74, 6) is -0.391. The lowest BCUT2D eigenvalue weighted by molar-refractivity contribution is 0.0467. The lowest BCUT2D eigenvalue weighted by Crippen LogP contribution is -2.05. The van der Waals surface area contributed by atoms with Gasteiger partial charge < -0.3 is 4.74 Å². The zero-order chi connectivity index (χ0) is 16.8. The molecule has 24 heavy (non-hydrogen) atoms. The third-order valence-electron chi connectivity index (χ3n) is 3.37. The van der Waals surface area contributed by atoms with E-state index in [9.17, 15) is 4.79 Å². The topological polar surface area (TPSA) is 80.8 Å². The van der Waals surface area contributed by atoms with E-state index in [1.54, 1.807) is 47.3 Å². The first-order chi connectivity index (χ1) is 11.7. The van der Waals surface area contributed by atoms with Gasteiger partial charge in [0.2, 0.25) is 0 Å². The fourth-order valence-corrected chi connectivity index (χ4v) is 2.15. The zero-order valence-electron chi connectivity index (χ0n) is 12.8. The minimum Gasteiger partial charge on any atom is -0.455 e. The molecule has 0 unspecified atom stereocenters. The molecule has 1 aromatic heterocycles. The van der Waals surface area contributed by atoms with Crippen molar-refractivity contribution in [2.75, 3.05) is 0 Å². The average molecular weight is 318 g/mol. The Labute approximate surface area is 138 Å². The van der Waals surface area contributed by atoms with E-state index in [1.807, 2.05) is 18.2 Å². The van der Waals surface area contributed by atoms with Gasteiger partial charge in [0.25, 0.3) is 0 Å². The molecule has 0 aliphatic heterocycles. The molecule has 6 nitrogen and oxygen atoms in total. The van der Waals surface area contributed by atoms with Crippen LogP contribution in [0.4, 0.5) is 0 Å². The number of hydrogen-bond acceptors (Lipinski definition) is 5. The molecular formula is C18H14N4O2. The van der Waals surface area contributed by atoms with Crippen LogP contribution in [0.5, 0.6) is 0 Å². The molecule has 6 heteroatoms. The molecular weight excluding hydrogens is 304 g/mol. The minimum atomic E-state index is -0.391. The van der Waals surface area contributed by atoms with Gasteiger partial charge in [0, 0.05) is 0 Å². The Hall–Kier alpha value is -3.46. The highest BCUT2D eigenvalue weighted by Gasteiger charge is 2.08. The molecule has 0 amide bonds. The van der Waals surface area contributed by atoms with Crippen molar-refractivity contribution in [3.8, 4) is 6.07 Å². The second kappa shape index (κ2) is 7.20. The van der Waals surface area contributed by atoms with E-state index >= 15 is 0 Å². The molecule has 0 N–H and O–H groups in total. The second-order valence-corrected chi connectivity index (χ2v) is 5.16. The number of nitrogens with zero attached hydrogens (tertiary/aromatic N) is 4. The van der Waals surface area contributed by atoms with Crippen molar-refractivity contribution in [2.45, 2.75) is 13.2 Å². The highest BCUT2D eigenvalue weighted by atomic mass is 16.5. The SMILES string of the molecule is N#Cc1ccc(Cn2cc(COC(=O)c3ccccc3)nn2)cc1. The molecule has 1 heterocycles. The van der Waals surface area contributed by atoms with E-state index < -0.39 is 5.97 Å². The summed E-state index contributed by atoms with van der Waals surface area (Å²) in [5.41, 5.74) is 2.70. The summed E-state index contributed by atoms with van der Waals surface area (Å²) in [5, 5.41) is 16.8. The normalized spacial score (nSPS) is 10.1. The number of rotatable bonds is 5. The Bertz CT molecular complexity index is 864. The van der Waals surface area contributed by atoms with Gasteiger partial charge in [0.15, 0.2) is 0 Å². The van der Waals surface area contributed by atoms with Gasteiger partial charge in [0.05, 0.1) is 29.9 Å². The zero-order valence-corrected chi connectivity index (χ0v) is 12.8. The number of benzene rings is 2. The molecule has 0 saturated heterocycles. The highest BCUT2D eigenvalue weighted by Crippen LogP contribution is 2.07. The maximum atomic E-state index is 11.9. The number of aromatic nitrogens is 3. The van der Waals surface area contributed by atoms with Crippen LogP contribution in [0, 0.1) is 11.3 Å². The van der Waals surface area contributed by atoms with Crippen LogP contribution in [0.1, 0.15) is 27.2 Å². The van der Waals surface area contributed by atoms with Crippen molar-refractivity contribution in [2.24, 2.45) is 0 Å². The van der Waals surface area contributed by atoms with Crippen molar-refractivity contribution in [3.05, 3.63) is 83.2 Å². The predicted octanol–water partition coefficient (Wildman–Crippen LogP) is 2.56. The Balaban J connectivity index is 1.57. The van der Waals surface area contributed by atoms with Crippen LogP contribution < -0.4 is 0 Å². The molecule has 2 aromatic carbocycles. The molecule has 0 spiro atoms. The van der Waals surface area contributed by atoms with Crippen molar-refractivity contribution in [1.82, 2.24) is 15.0 Å². The standard InChI is InChI=1S/C18H14N4O2/c19-10-14-6-8-15(9-7-14)11-22-12-17(20-21-22)13-24-18(23)16-4-2-1-3-5-16/h1-9,12H,11,13H2. The molecule has 0 aliphatic carbocycles. The first-order valence-corrected chi connectivity index (χ1v) is 7.35. The smallest absolute Gasteiger partial charge is 0.338 e. The van der Waals surface area contributed by atoms with E-state index in [-0.39, 0.29) is 6.61 Å². The number of nitriles is 1. The lowest BCUT2D eigenvalue weighted by atomic mass is 10.1. The summed E-state index contributed by atoms with van der Waals surface area (Å²) < 4.78 is 6.88. The van der Waals surface area contributed by atoms with Gasteiger partial charge in [-0.1, -0.05) is 35.5 Å². The maximum Gasteiger partial charge on any atom is 0.338 e. The van der Waals surface area contributed by atoms with Gasteiger partial charge in [0.1, 0.15) is 12.3 Å². The number of esters is 1. The summed E-state index contributed by atoms with van der Waals surface area (Å²) in [6, 6.07) is 18.1. The molecule has 3 rings (SSSR count). The molecule has 118 valence electrons. The molecule has 3 aromatic rings. The number of hydrogen-bond donors (Lipinski definition) is 0. The fourth-order valence-electron chi connectivity index (χ4n) is 2.15. The quantitative estimate of drug-likeness (QED) is 0.675. The molecule has 0 saturated carbocycles. The maximum absolute atomic E-state index is 11.9. The summed E-state index contributed by atoms with van der Waals surface area (Å²) in [7, 11) is 0. The van der Waals surface area contributed by atoms with Crippen LogP contribution in [-0.2, 0) is 17.9 Å². The Morgan fingerprint density at radius 3 is 2.58 bits per heavy atom. The van der Waals surface area contributed by atoms with Crippen LogP contribution in [-0.4, -0.2) is 21.0 Å². The molecule has 0 atom stereocenters. The van der Waals surface area contributed by atoms with Crippen molar-refractivity contribution in [3.63, 3.8) is 0 Å². The lowest BCUT2D eigenvalue weighted by Gasteiger charge is -2.02. The number of carbonyl (C=O) groups excluding carboxylic acids is 1. The average Bonchev–Trinajstić information content (AvgIpc) is 3.08. The number of ether oxygens (including phenoxy) is 1. The van der Waals surface area contributed by atoms with E-state index in [0.717, 1.165) is 5.56 Å². The predicted molar refractivity (Wildman–Crippen MR) is 85.8 cm³/mol. The van der Waals surface area contributed by atoms with Crippen LogP contribution in [0.25, 0.3) is 0 Å². The molecule has 0 bridgehead atoms. The van der Waals surface area contributed by atoms with E-state index in [4.69, 9.17) is 10.00 Å². The van der Waals surface area contributed by atoms with Crippen LogP contribution >= 0.6 is 0 Å². The van der Waals surface area contributed by atoms with Gasteiger partial charge >= 0.3 is 5.97 Å². The minimum absolute atomic E-state index is 0.0705. The Kier molecular flexibility index (Phi) is 4.63. The van der Waals surface area contributed by atoms with Gasteiger partial charge in [-0.2, -0.15) is 5.26 Å². The first-order valence-electron chi connectivity index (χ1n) is 7.35. The highest BCUT2D eigenvalue weighted by molar-refractivity contribution is 5.89. The van der Waals surface area contributed by atoms with Gasteiger partial charge in [-0.15, -0.1) is 5.10 Å². The van der Waals surface area contributed by atoms with E-state index in [1.165, 1.54) is 0 Å². The number of carbonyl (C=O) groups is 1. The largest absolute Gasteiger partial charge is 0.455 e. The summed E-state index contributed by atoms with van der Waals surface area (Å²) in [6.07, 6.45) is 1.73. The van der Waals surface area contributed by atoms with Crippen LogP contribution in [0.2, 0.25) is 0 Å². The monoisotopic (exact) mass is 318 g/mol. The Morgan fingerprint density at radius 2 is 1.88 bits per heavy atom. The fraction of sp³-hybridized carbons (Fsp3) is 0.111. The van der Waals surface area contributed by atoms with Crippen molar-refractivity contribution in [1.29, 1.82) is 5.26 Å². The van der Waals surface area contributed by atoms with E-state index in [0.29, 0.717) is 23.4 Å². The van der Waals surface area contributed by atoms with Gasteiger partial charge in [-0.25, -0.2) is 9.48 Å². The molecule has 0 fully saturated rings. The van der Waals surface area contributed by atoms with Crippen molar-refractivity contribution >= 4 is 5.97 Å².